The summed E-state index contributed by atoms with van der Waals surface area (Å²) < 4.78 is 5.22. The lowest BCUT2D eigenvalue weighted by Gasteiger charge is -2.29. The van der Waals surface area contributed by atoms with E-state index in [-0.39, 0.29) is 12.1 Å². The van der Waals surface area contributed by atoms with E-state index in [9.17, 15) is 4.79 Å². The fraction of sp³-hybridized carbons (Fsp3) is 0.435. The van der Waals surface area contributed by atoms with Gasteiger partial charge in [0.15, 0.2) is 0 Å². The van der Waals surface area contributed by atoms with Crippen LogP contribution in [0.3, 0.4) is 0 Å². The van der Waals surface area contributed by atoms with E-state index in [2.05, 4.69) is 60.0 Å². The van der Waals surface area contributed by atoms with Crippen molar-refractivity contribution >= 4 is 11.6 Å². The lowest BCUT2D eigenvalue weighted by atomic mass is 10.1. The van der Waals surface area contributed by atoms with Crippen molar-refractivity contribution in [2.24, 2.45) is 0 Å². The molecule has 0 aromatic heterocycles. The molecule has 150 valence electrons. The van der Waals surface area contributed by atoms with E-state index in [0.717, 1.165) is 25.3 Å². The van der Waals surface area contributed by atoms with Gasteiger partial charge >= 0.3 is 0 Å². The molecular weight excluding hydrogens is 350 g/mol. The topological polar surface area (TPSA) is 36.0 Å². The summed E-state index contributed by atoms with van der Waals surface area (Å²) in [5.74, 6) is 1.04. The van der Waals surface area contributed by atoms with Gasteiger partial charge in [0.1, 0.15) is 11.9 Å². The SMILES string of the molecule is CCN(CC)c1ccc([C@@H]2N(C)CC(=O)N2CCc2ccc(OC)cc2)cc1. The van der Waals surface area contributed by atoms with Gasteiger partial charge in [-0.05, 0) is 62.7 Å². The number of likely N-dealkylation sites (N-methyl/N-ethyl adjacent to an activating group) is 1. The number of methoxy groups -OCH3 is 1. The first-order chi connectivity index (χ1) is 13.6. The number of anilines is 1. The molecule has 3 rings (SSSR count). The standard InChI is InChI=1S/C23H31N3O2/c1-5-25(6-2)20-11-9-19(10-12-20)23-24(3)17-22(27)26(23)16-15-18-7-13-21(28-4)14-8-18/h7-14,23H,5-6,15-17H2,1-4H3/t23-/m1/s1. The Morgan fingerprint density at radius 1 is 1.04 bits per heavy atom. The maximum atomic E-state index is 12.6. The van der Waals surface area contributed by atoms with Crippen LogP contribution in [0, 0.1) is 0 Å². The third-order valence-electron chi connectivity index (χ3n) is 5.54. The Morgan fingerprint density at radius 3 is 2.25 bits per heavy atom. The molecule has 1 saturated heterocycles. The van der Waals surface area contributed by atoms with E-state index in [1.807, 2.05) is 24.1 Å². The van der Waals surface area contributed by atoms with E-state index in [4.69, 9.17) is 4.74 Å². The summed E-state index contributed by atoms with van der Waals surface area (Å²) >= 11 is 0. The summed E-state index contributed by atoms with van der Waals surface area (Å²) in [6.45, 7) is 7.49. The third-order valence-corrected chi connectivity index (χ3v) is 5.54. The summed E-state index contributed by atoms with van der Waals surface area (Å²) in [7, 11) is 3.69. The number of ether oxygens (including phenoxy) is 1. The second kappa shape index (κ2) is 9.11. The molecule has 1 amide bonds. The molecule has 0 aliphatic carbocycles. The van der Waals surface area contributed by atoms with Crippen LogP contribution in [0.2, 0.25) is 0 Å². The van der Waals surface area contributed by atoms with Gasteiger partial charge in [-0.3, -0.25) is 9.69 Å². The normalized spacial score (nSPS) is 17.2. The maximum Gasteiger partial charge on any atom is 0.238 e. The molecule has 5 nitrogen and oxygen atoms in total. The Kier molecular flexibility index (Phi) is 6.57. The van der Waals surface area contributed by atoms with Gasteiger partial charge in [-0.15, -0.1) is 0 Å². The number of amides is 1. The molecule has 5 heteroatoms. The van der Waals surface area contributed by atoms with Crippen LogP contribution in [0.4, 0.5) is 5.69 Å². The molecule has 0 N–H and O–H groups in total. The molecule has 0 saturated carbocycles. The Bertz CT molecular complexity index is 769. The van der Waals surface area contributed by atoms with Crippen molar-refractivity contribution in [2.45, 2.75) is 26.4 Å². The first-order valence-electron chi connectivity index (χ1n) is 10.0. The van der Waals surface area contributed by atoms with Crippen molar-refractivity contribution < 1.29 is 9.53 Å². The number of rotatable bonds is 8. The van der Waals surface area contributed by atoms with Crippen molar-refractivity contribution in [1.82, 2.24) is 9.80 Å². The average Bonchev–Trinajstić information content (AvgIpc) is 3.01. The van der Waals surface area contributed by atoms with Gasteiger partial charge < -0.3 is 14.5 Å². The van der Waals surface area contributed by atoms with Gasteiger partial charge in [0.2, 0.25) is 5.91 Å². The molecule has 1 heterocycles. The van der Waals surface area contributed by atoms with E-state index in [0.29, 0.717) is 13.1 Å². The van der Waals surface area contributed by atoms with Crippen molar-refractivity contribution in [2.75, 3.05) is 45.2 Å². The molecule has 1 aliphatic rings. The van der Waals surface area contributed by atoms with Crippen LogP contribution >= 0.6 is 0 Å². The average molecular weight is 382 g/mol. The van der Waals surface area contributed by atoms with E-state index in [1.165, 1.54) is 16.8 Å². The smallest absolute Gasteiger partial charge is 0.238 e. The van der Waals surface area contributed by atoms with E-state index < -0.39 is 0 Å². The zero-order valence-corrected chi connectivity index (χ0v) is 17.4. The molecule has 0 spiro atoms. The predicted octanol–water partition coefficient (Wildman–Crippen LogP) is 3.56. The highest BCUT2D eigenvalue weighted by atomic mass is 16.5. The number of carbonyl (C=O) groups excluding carboxylic acids is 1. The summed E-state index contributed by atoms with van der Waals surface area (Å²) in [6, 6.07) is 16.7. The van der Waals surface area contributed by atoms with Crippen molar-refractivity contribution in [3.05, 3.63) is 59.7 Å². The quantitative estimate of drug-likeness (QED) is 0.701. The van der Waals surface area contributed by atoms with Crippen LogP contribution in [0.1, 0.15) is 31.1 Å². The fourth-order valence-electron chi connectivity index (χ4n) is 3.93. The third kappa shape index (κ3) is 4.30. The maximum absolute atomic E-state index is 12.6. The van der Waals surface area contributed by atoms with Crippen LogP contribution < -0.4 is 9.64 Å². The van der Waals surface area contributed by atoms with Crippen LogP contribution in [-0.4, -0.2) is 56.0 Å². The van der Waals surface area contributed by atoms with Crippen LogP contribution in [0.25, 0.3) is 0 Å². The fourth-order valence-corrected chi connectivity index (χ4v) is 3.93. The molecular formula is C23H31N3O2. The first kappa shape index (κ1) is 20.2. The number of nitrogens with zero attached hydrogens (tertiary/aromatic N) is 3. The second-order valence-corrected chi connectivity index (χ2v) is 7.24. The molecule has 2 aromatic rings. The Balaban J connectivity index is 1.73. The van der Waals surface area contributed by atoms with Crippen LogP contribution in [-0.2, 0) is 11.2 Å². The highest BCUT2D eigenvalue weighted by molar-refractivity contribution is 5.81. The minimum atomic E-state index is -0.00324. The molecule has 28 heavy (non-hydrogen) atoms. The summed E-state index contributed by atoms with van der Waals surface area (Å²) in [5.41, 5.74) is 3.60. The molecule has 0 bridgehead atoms. The molecule has 1 aliphatic heterocycles. The highest BCUT2D eigenvalue weighted by Gasteiger charge is 2.36. The summed E-state index contributed by atoms with van der Waals surface area (Å²) in [4.78, 5) is 19.1. The van der Waals surface area contributed by atoms with Gasteiger partial charge in [0, 0.05) is 25.3 Å². The first-order valence-corrected chi connectivity index (χ1v) is 10.0. The van der Waals surface area contributed by atoms with Crippen molar-refractivity contribution in [3.8, 4) is 5.75 Å². The Hall–Kier alpha value is -2.53. The van der Waals surface area contributed by atoms with E-state index >= 15 is 0 Å². The Morgan fingerprint density at radius 2 is 1.68 bits per heavy atom. The summed E-state index contributed by atoms with van der Waals surface area (Å²) in [6.07, 6.45) is 0.828. The second-order valence-electron chi connectivity index (χ2n) is 7.24. The van der Waals surface area contributed by atoms with Crippen LogP contribution in [0.5, 0.6) is 5.75 Å². The van der Waals surface area contributed by atoms with Gasteiger partial charge in [-0.25, -0.2) is 0 Å². The number of hydrogen-bond acceptors (Lipinski definition) is 4. The minimum Gasteiger partial charge on any atom is -0.497 e. The minimum absolute atomic E-state index is 0.00324. The predicted molar refractivity (Wildman–Crippen MR) is 114 cm³/mol. The zero-order valence-electron chi connectivity index (χ0n) is 17.4. The monoisotopic (exact) mass is 381 g/mol. The number of benzene rings is 2. The number of carbonyl (C=O) groups is 1. The van der Waals surface area contributed by atoms with Gasteiger partial charge in [-0.1, -0.05) is 24.3 Å². The van der Waals surface area contributed by atoms with Crippen LogP contribution in [0.15, 0.2) is 48.5 Å². The largest absolute Gasteiger partial charge is 0.497 e. The van der Waals surface area contributed by atoms with Crippen molar-refractivity contribution in [3.63, 3.8) is 0 Å². The van der Waals surface area contributed by atoms with E-state index in [1.54, 1.807) is 7.11 Å². The lowest BCUT2D eigenvalue weighted by Crippen LogP contribution is -2.32. The zero-order chi connectivity index (χ0) is 20.1. The summed E-state index contributed by atoms with van der Waals surface area (Å²) in [5, 5.41) is 0. The molecule has 1 atom stereocenters. The Labute approximate surface area is 168 Å². The number of hydrogen-bond donors (Lipinski definition) is 0. The van der Waals surface area contributed by atoms with Crippen molar-refractivity contribution in [1.29, 1.82) is 0 Å². The van der Waals surface area contributed by atoms with Gasteiger partial charge in [-0.2, -0.15) is 0 Å². The lowest BCUT2D eigenvalue weighted by molar-refractivity contribution is -0.128. The molecule has 1 fully saturated rings. The molecule has 0 radical (unpaired) electrons. The van der Waals surface area contributed by atoms with Gasteiger partial charge in [0.05, 0.1) is 13.7 Å². The molecule has 0 unspecified atom stereocenters. The van der Waals surface area contributed by atoms with Gasteiger partial charge in [0.25, 0.3) is 0 Å². The molecule has 2 aromatic carbocycles. The highest BCUT2D eigenvalue weighted by Crippen LogP contribution is 2.31.